The number of likely N-dealkylation sites (tertiary alicyclic amines) is 1. The number of aromatic nitrogens is 2. The average molecular weight is 333 g/mol. The largest absolute Gasteiger partial charge is 0.369 e. The van der Waals surface area contributed by atoms with Gasteiger partial charge < -0.3 is 11.1 Å². The van der Waals surface area contributed by atoms with Crippen molar-refractivity contribution in [3.63, 3.8) is 0 Å². The highest BCUT2D eigenvalue weighted by molar-refractivity contribution is 7.00. The van der Waals surface area contributed by atoms with E-state index in [1.807, 2.05) is 23.1 Å². The lowest BCUT2D eigenvalue weighted by atomic mass is 9.93. The van der Waals surface area contributed by atoms with E-state index in [1.54, 1.807) is 0 Å². The first-order valence-electron chi connectivity index (χ1n) is 7.59. The number of nitrogens with zero attached hydrogens (tertiary/aromatic N) is 3. The molecule has 7 nitrogen and oxygen atoms in total. The Kier molecular flexibility index (Phi) is 4.53. The van der Waals surface area contributed by atoms with Crippen LogP contribution in [0.15, 0.2) is 18.2 Å². The summed E-state index contributed by atoms with van der Waals surface area (Å²) in [4.78, 5) is 25.7. The number of primary amides is 1. The average Bonchev–Trinajstić information content (AvgIpc) is 2.99. The van der Waals surface area contributed by atoms with Gasteiger partial charge in [0.1, 0.15) is 11.0 Å². The van der Waals surface area contributed by atoms with Gasteiger partial charge >= 0.3 is 0 Å². The molecule has 2 atom stereocenters. The number of nitrogens with one attached hydrogen (secondary N) is 1. The Labute approximate surface area is 138 Å². The van der Waals surface area contributed by atoms with Crippen LogP contribution in [0.4, 0.5) is 5.69 Å². The molecular formula is C15H19N5O2S. The lowest BCUT2D eigenvalue weighted by Crippen LogP contribution is -2.48. The summed E-state index contributed by atoms with van der Waals surface area (Å²) in [6.07, 6.45) is 1.66. The predicted molar refractivity (Wildman–Crippen MR) is 89.0 cm³/mol. The number of hydrogen-bond acceptors (Lipinski definition) is 6. The summed E-state index contributed by atoms with van der Waals surface area (Å²) < 4.78 is 8.37. The summed E-state index contributed by atoms with van der Waals surface area (Å²) in [6, 6.07) is 5.77. The number of carbonyl (C=O) groups excluding carboxylic acids is 2. The molecular weight excluding hydrogens is 314 g/mol. The maximum atomic E-state index is 12.4. The molecule has 3 rings (SSSR count). The van der Waals surface area contributed by atoms with Crippen LogP contribution in [0.2, 0.25) is 0 Å². The van der Waals surface area contributed by atoms with Crippen LogP contribution in [0.5, 0.6) is 0 Å². The first kappa shape index (κ1) is 15.8. The van der Waals surface area contributed by atoms with Crippen LogP contribution in [0, 0.1) is 5.92 Å². The van der Waals surface area contributed by atoms with Gasteiger partial charge in [-0.15, -0.1) is 0 Å². The van der Waals surface area contributed by atoms with E-state index in [9.17, 15) is 9.59 Å². The lowest BCUT2D eigenvalue weighted by Gasteiger charge is -2.36. The van der Waals surface area contributed by atoms with Gasteiger partial charge in [0, 0.05) is 12.6 Å². The van der Waals surface area contributed by atoms with Crippen LogP contribution < -0.4 is 11.1 Å². The second-order valence-electron chi connectivity index (χ2n) is 5.94. The molecule has 122 valence electrons. The van der Waals surface area contributed by atoms with Gasteiger partial charge in [-0.1, -0.05) is 6.07 Å². The second-order valence-corrected chi connectivity index (χ2v) is 6.47. The van der Waals surface area contributed by atoms with Crippen molar-refractivity contribution in [1.82, 2.24) is 13.6 Å². The molecule has 0 saturated carbocycles. The predicted octanol–water partition coefficient (Wildman–Crippen LogP) is 1.22. The van der Waals surface area contributed by atoms with Gasteiger partial charge in [-0.3, -0.25) is 14.5 Å². The molecule has 0 bridgehead atoms. The van der Waals surface area contributed by atoms with E-state index >= 15 is 0 Å². The molecule has 0 aliphatic carbocycles. The van der Waals surface area contributed by atoms with E-state index in [2.05, 4.69) is 21.0 Å². The molecule has 0 radical (unpaired) electrons. The van der Waals surface area contributed by atoms with Gasteiger partial charge in [-0.2, -0.15) is 8.75 Å². The Hall–Kier alpha value is -2.06. The molecule has 1 aliphatic rings. The minimum absolute atomic E-state index is 0.123. The number of anilines is 1. The highest BCUT2D eigenvalue weighted by atomic mass is 32.1. The van der Waals surface area contributed by atoms with E-state index in [0.717, 1.165) is 30.1 Å². The minimum Gasteiger partial charge on any atom is -0.369 e. The third-order valence-electron chi connectivity index (χ3n) is 4.32. The van der Waals surface area contributed by atoms with Gasteiger partial charge in [0.15, 0.2) is 0 Å². The molecule has 2 aromatic rings. The number of piperidine rings is 1. The van der Waals surface area contributed by atoms with Crippen molar-refractivity contribution in [1.29, 1.82) is 0 Å². The van der Waals surface area contributed by atoms with E-state index in [-0.39, 0.29) is 30.3 Å². The fourth-order valence-electron chi connectivity index (χ4n) is 2.91. The molecule has 1 aromatic carbocycles. The molecule has 3 N–H and O–H groups in total. The highest BCUT2D eigenvalue weighted by Crippen LogP contribution is 2.23. The van der Waals surface area contributed by atoms with Crippen molar-refractivity contribution in [3.8, 4) is 0 Å². The lowest BCUT2D eigenvalue weighted by molar-refractivity contribution is -0.126. The van der Waals surface area contributed by atoms with Crippen LogP contribution in [0.1, 0.15) is 19.8 Å². The Morgan fingerprint density at radius 2 is 2.22 bits per heavy atom. The topological polar surface area (TPSA) is 101 Å². The smallest absolute Gasteiger partial charge is 0.238 e. The molecule has 0 spiro atoms. The SMILES string of the molecule is C[C@H]1CC[C@@H](C(N)=O)CN1CC(=O)Nc1cccc2nsnc12. The van der Waals surface area contributed by atoms with Crippen molar-refractivity contribution in [2.24, 2.45) is 11.7 Å². The highest BCUT2D eigenvalue weighted by Gasteiger charge is 2.29. The number of carbonyl (C=O) groups is 2. The van der Waals surface area contributed by atoms with Crippen molar-refractivity contribution < 1.29 is 9.59 Å². The quantitative estimate of drug-likeness (QED) is 0.876. The fraction of sp³-hybridized carbons (Fsp3) is 0.467. The van der Waals surface area contributed by atoms with Crippen molar-refractivity contribution in [2.75, 3.05) is 18.4 Å². The fourth-order valence-corrected chi connectivity index (χ4v) is 3.46. The number of amides is 2. The van der Waals surface area contributed by atoms with Crippen LogP contribution in [-0.2, 0) is 9.59 Å². The van der Waals surface area contributed by atoms with Gasteiger partial charge in [0.2, 0.25) is 11.8 Å². The Morgan fingerprint density at radius 3 is 3.00 bits per heavy atom. The summed E-state index contributed by atoms with van der Waals surface area (Å²) >= 11 is 1.12. The first-order chi connectivity index (χ1) is 11.0. The molecule has 23 heavy (non-hydrogen) atoms. The monoisotopic (exact) mass is 333 g/mol. The van der Waals surface area contributed by atoms with Crippen LogP contribution >= 0.6 is 11.7 Å². The van der Waals surface area contributed by atoms with Crippen LogP contribution in [-0.4, -0.2) is 44.6 Å². The molecule has 2 amide bonds. The summed E-state index contributed by atoms with van der Waals surface area (Å²) in [5.74, 6) is -0.590. The van der Waals surface area contributed by atoms with Crippen molar-refractivity contribution in [3.05, 3.63) is 18.2 Å². The van der Waals surface area contributed by atoms with E-state index in [4.69, 9.17) is 5.73 Å². The Morgan fingerprint density at radius 1 is 1.39 bits per heavy atom. The van der Waals surface area contributed by atoms with Gasteiger partial charge in [0.05, 0.1) is 29.9 Å². The Bertz CT molecular complexity index is 731. The minimum atomic E-state index is -0.291. The molecule has 8 heteroatoms. The second kappa shape index (κ2) is 6.59. The number of nitrogens with two attached hydrogens (primary N) is 1. The third-order valence-corrected chi connectivity index (χ3v) is 4.86. The Balaban J connectivity index is 1.66. The number of hydrogen-bond donors (Lipinski definition) is 2. The zero-order valence-corrected chi connectivity index (χ0v) is 13.7. The number of fused-ring (bicyclic) bond motifs is 1. The molecule has 1 fully saturated rings. The maximum Gasteiger partial charge on any atom is 0.238 e. The van der Waals surface area contributed by atoms with Crippen molar-refractivity contribution >= 4 is 40.3 Å². The zero-order chi connectivity index (χ0) is 16.4. The van der Waals surface area contributed by atoms with Crippen LogP contribution in [0.3, 0.4) is 0 Å². The van der Waals surface area contributed by atoms with E-state index in [1.165, 1.54) is 0 Å². The van der Waals surface area contributed by atoms with Gasteiger partial charge in [-0.25, -0.2) is 0 Å². The van der Waals surface area contributed by atoms with Crippen molar-refractivity contribution in [2.45, 2.75) is 25.8 Å². The molecule has 1 saturated heterocycles. The van der Waals surface area contributed by atoms with Crippen LogP contribution in [0.25, 0.3) is 11.0 Å². The molecule has 0 unspecified atom stereocenters. The number of benzene rings is 1. The zero-order valence-electron chi connectivity index (χ0n) is 12.9. The normalized spacial score (nSPS) is 22.1. The summed E-state index contributed by atoms with van der Waals surface area (Å²) in [7, 11) is 0. The third kappa shape index (κ3) is 3.48. The first-order valence-corrected chi connectivity index (χ1v) is 8.32. The molecule has 2 heterocycles. The van der Waals surface area contributed by atoms with Gasteiger partial charge in [-0.05, 0) is 31.9 Å². The summed E-state index contributed by atoms with van der Waals surface area (Å²) in [6.45, 7) is 2.83. The summed E-state index contributed by atoms with van der Waals surface area (Å²) in [5.41, 5.74) is 7.54. The molecule has 1 aliphatic heterocycles. The maximum absolute atomic E-state index is 12.4. The molecule has 1 aromatic heterocycles. The van der Waals surface area contributed by atoms with Gasteiger partial charge in [0.25, 0.3) is 0 Å². The number of rotatable bonds is 4. The van der Waals surface area contributed by atoms with E-state index in [0.29, 0.717) is 17.7 Å². The summed E-state index contributed by atoms with van der Waals surface area (Å²) in [5, 5.41) is 2.89. The van der Waals surface area contributed by atoms with E-state index < -0.39 is 0 Å². The standard InChI is InChI=1S/C15H19N5O2S/c1-9-5-6-10(15(16)22)7-20(9)8-13(21)17-11-3-2-4-12-14(11)19-23-18-12/h2-4,9-10H,5-8H2,1H3,(H2,16,22)(H,17,21)/t9-,10+/m0/s1.